The number of carbonyl (C=O) groups is 2. The average molecular weight is 396 g/mol. The van der Waals surface area contributed by atoms with Gasteiger partial charge in [-0.3, -0.25) is 9.69 Å². The Balaban J connectivity index is 0.00000243. The van der Waals surface area contributed by atoms with Gasteiger partial charge in [0.1, 0.15) is 5.82 Å². The molecule has 0 fully saturated rings. The summed E-state index contributed by atoms with van der Waals surface area (Å²) in [7, 11) is 1.71. The van der Waals surface area contributed by atoms with Gasteiger partial charge in [0.15, 0.2) is 0 Å². The number of rotatable bonds is 4. The van der Waals surface area contributed by atoms with Crippen LogP contribution in [-0.4, -0.2) is 30.0 Å². The summed E-state index contributed by atoms with van der Waals surface area (Å²) in [6, 6.07) is 9.86. The maximum absolute atomic E-state index is 12.3. The molecule has 0 radical (unpaired) electrons. The first-order valence-corrected chi connectivity index (χ1v) is 8.19. The Labute approximate surface area is 162 Å². The topological polar surface area (TPSA) is 86.4 Å². The van der Waals surface area contributed by atoms with E-state index in [0.29, 0.717) is 34.5 Å². The van der Waals surface area contributed by atoms with Crippen LogP contribution < -0.4 is 20.9 Å². The lowest BCUT2D eigenvalue weighted by Crippen LogP contribution is -2.41. The van der Waals surface area contributed by atoms with Crippen molar-refractivity contribution >= 4 is 53.1 Å². The number of urea groups is 1. The summed E-state index contributed by atoms with van der Waals surface area (Å²) in [5.41, 5.74) is 2.03. The van der Waals surface area contributed by atoms with E-state index in [0.717, 1.165) is 0 Å². The van der Waals surface area contributed by atoms with E-state index in [1.54, 1.807) is 50.4 Å². The molecule has 0 spiro atoms. The molecule has 138 valence electrons. The van der Waals surface area contributed by atoms with Crippen molar-refractivity contribution < 1.29 is 9.59 Å². The predicted octanol–water partition coefficient (Wildman–Crippen LogP) is 3.06. The van der Waals surface area contributed by atoms with Crippen molar-refractivity contribution in [2.45, 2.75) is 19.5 Å². The number of anilines is 3. The summed E-state index contributed by atoms with van der Waals surface area (Å²) in [5, 5.41) is 9.00. The zero-order valence-corrected chi connectivity index (χ0v) is 15.8. The monoisotopic (exact) mass is 395 g/mol. The first kappa shape index (κ1) is 20.0. The van der Waals surface area contributed by atoms with Crippen molar-refractivity contribution in [2.24, 2.45) is 0 Å². The van der Waals surface area contributed by atoms with Gasteiger partial charge in [0.25, 0.3) is 0 Å². The lowest BCUT2D eigenvalue weighted by molar-refractivity contribution is -0.117. The highest BCUT2D eigenvalue weighted by Crippen LogP contribution is 2.32. The lowest BCUT2D eigenvalue weighted by atomic mass is 10.2. The van der Waals surface area contributed by atoms with E-state index in [1.165, 1.54) is 4.90 Å². The first-order chi connectivity index (χ1) is 12.0. The van der Waals surface area contributed by atoms with Crippen molar-refractivity contribution in [2.75, 3.05) is 17.3 Å². The number of nitrogens with one attached hydrogen (secondary N) is 3. The Bertz CT molecular complexity index is 813. The SMILES string of the molecule is CNC(C)C(=O)Nc1ccc2c(n1)CNC(=O)N2c1ccc(Cl)cc1.Cl. The number of amides is 3. The molecule has 1 atom stereocenters. The quantitative estimate of drug-likeness (QED) is 0.742. The van der Waals surface area contributed by atoms with E-state index >= 15 is 0 Å². The average Bonchev–Trinajstić information content (AvgIpc) is 2.62. The summed E-state index contributed by atoms with van der Waals surface area (Å²) in [5.74, 6) is 0.266. The fraction of sp³-hybridized carbons (Fsp3) is 0.235. The van der Waals surface area contributed by atoms with Crippen molar-refractivity contribution in [3.05, 3.63) is 47.1 Å². The van der Waals surface area contributed by atoms with E-state index in [2.05, 4.69) is 20.9 Å². The molecule has 1 aromatic heterocycles. The second kappa shape index (κ2) is 8.35. The molecular formula is C17H19Cl2N5O2. The minimum atomic E-state index is -0.330. The molecule has 1 aliphatic rings. The molecule has 2 aromatic rings. The fourth-order valence-electron chi connectivity index (χ4n) is 2.46. The molecule has 3 rings (SSSR count). The number of hydrogen-bond donors (Lipinski definition) is 3. The van der Waals surface area contributed by atoms with Crippen molar-refractivity contribution in [3.63, 3.8) is 0 Å². The molecule has 0 aliphatic carbocycles. The highest BCUT2D eigenvalue weighted by molar-refractivity contribution is 6.30. The normalized spacial score (nSPS) is 14.0. The Morgan fingerprint density at radius 3 is 2.62 bits per heavy atom. The molecule has 0 bridgehead atoms. The number of carbonyl (C=O) groups excluding carboxylic acids is 2. The van der Waals surface area contributed by atoms with Crippen LogP contribution in [0.1, 0.15) is 12.6 Å². The third-order valence-electron chi connectivity index (χ3n) is 3.96. The van der Waals surface area contributed by atoms with Crippen molar-refractivity contribution in [1.82, 2.24) is 15.6 Å². The molecule has 26 heavy (non-hydrogen) atoms. The Hall–Kier alpha value is -2.35. The third kappa shape index (κ3) is 4.07. The van der Waals surface area contributed by atoms with Crippen LogP contribution >= 0.6 is 24.0 Å². The summed E-state index contributed by atoms with van der Waals surface area (Å²) in [6.45, 7) is 2.06. The summed E-state index contributed by atoms with van der Waals surface area (Å²) in [4.78, 5) is 30.3. The maximum atomic E-state index is 12.3. The van der Waals surface area contributed by atoms with Gasteiger partial charge in [-0.2, -0.15) is 0 Å². The van der Waals surface area contributed by atoms with Gasteiger partial charge in [0, 0.05) is 5.02 Å². The third-order valence-corrected chi connectivity index (χ3v) is 4.22. The van der Waals surface area contributed by atoms with Gasteiger partial charge in [0.05, 0.1) is 29.7 Å². The Morgan fingerprint density at radius 1 is 1.27 bits per heavy atom. The maximum Gasteiger partial charge on any atom is 0.326 e. The van der Waals surface area contributed by atoms with Crippen molar-refractivity contribution in [3.8, 4) is 0 Å². The van der Waals surface area contributed by atoms with Crippen LogP contribution in [0.15, 0.2) is 36.4 Å². The number of pyridine rings is 1. The van der Waals surface area contributed by atoms with Crippen LogP contribution in [-0.2, 0) is 11.3 Å². The minimum absolute atomic E-state index is 0. The molecule has 3 N–H and O–H groups in total. The summed E-state index contributed by atoms with van der Waals surface area (Å²) >= 11 is 5.92. The van der Waals surface area contributed by atoms with E-state index in [-0.39, 0.29) is 30.4 Å². The van der Waals surface area contributed by atoms with Gasteiger partial charge in [-0.15, -0.1) is 12.4 Å². The number of likely N-dealkylation sites (N-methyl/N-ethyl adjacent to an activating group) is 1. The number of halogens is 2. The van der Waals surface area contributed by atoms with Crippen molar-refractivity contribution in [1.29, 1.82) is 0 Å². The highest BCUT2D eigenvalue weighted by Gasteiger charge is 2.26. The van der Waals surface area contributed by atoms with Gasteiger partial charge in [-0.1, -0.05) is 11.6 Å². The zero-order chi connectivity index (χ0) is 18.0. The van der Waals surface area contributed by atoms with Gasteiger partial charge in [-0.25, -0.2) is 9.78 Å². The predicted molar refractivity (Wildman–Crippen MR) is 104 cm³/mol. The van der Waals surface area contributed by atoms with Crippen LogP contribution in [0.2, 0.25) is 5.02 Å². The van der Waals surface area contributed by atoms with Crippen LogP contribution in [0.3, 0.4) is 0 Å². The van der Waals surface area contributed by atoms with E-state index in [4.69, 9.17) is 11.6 Å². The molecular weight excluding hydrogens is 377 g/mol. The van der Waals surface area contributed by atoms with E-state index in [1.807, 2.05) is 0 Å². The molecule has 1 aromatic carbocycles. The second-order valence-corrected chi connectivity index (χ2v) is 6.07. The standard InChI is InChI=1S/C17H18ClN5O2.ClH/c1-10(19-2)16(24)22-15-8-7-14-13(21-15)9-20-17(25)23(14)12-5-3-11(18)4-6-12;/h3-8,10,19H,9H2,1-2H3,(H,20,25)(H,21,22,24);1H. The molecule has 2 heterocycles. The Kier molecular flexibility index (Phi) is 6.42. The minimum Gasteiger partial charge on any atom is -0.332 e. The number of aromatic nitrogens is 1. The Morgan fingerprint density at radius 2 is 1.96 bits per heavy atom. The van der Waals surface area contributed by atoms with Crippen LogP contribution in [0.5, 0.6) is 0 Å². The van der Waals surface area contributed by atoms with E-state index < -0.39 is 0 Å². The number of benzene rings is 1. The van der Waals surface area contributed by atoms with E-state index in [9.17, 15) is 9.59 Å². The highest BCUT2D eigenvalue weighted by atomic mass is 35.5. The van der Waals surface area contributed by atoms with Gasteiger partial charge in [0.2, 0.25) is 5.91 Å². The number of nitrogens with zero attached hydrogens (tertiary/aromatic N) is 2. The number of fused-ring (bicyclic) bond motifs is 1. The van der Waals surface area contributed by atoms with Gasteiger partial charge < -0.3 is 16.0 Å². The summed E-state index contributed by atoms with van der Waals surface area (Å²) in [6.07, 6.45) is 0. The summed E-state index contributed by atoms with van der Waals surface area (Å²) < 4.78 is 0. The first-order valence-electron chi connectivity index (χ1n) is 7.81. The molecule has 1 aliphatic heterocycles. The molecule has 9 heteroatoms. The molecule has 0 saturated carbocycles. The molecule has 7 nitrogen and oxygen atoms in total. The zero-order valence-electron chi connectivity index (χ0n) is 14.2. The van der Waals surface area contributed by atoms with Crippen LogP contribution in [0.4, 0.5) is 22.0 Å². The molecule has 1 unspecified atom stereocenters. The van der Waals surface area contributed by atoms with Gasteiger partial charge in [-0.05, 0) is 50.4 Å². The van der Waals surface area contributed by atoms with Crippen LogP contribution in [0, 0.1) is 0 Å². The smallest absolute Gasteiger partial charge is 0.326 e. The molecule has 3 amide bonds. The second-order valence-electron chi connectivity index (χ2n) is 5.63. The van der Waals surface area contributed by atoms with Crippen LogP contribution in [0.25, 0.3) is 0 Å². The molecule has 0 saturated heterocycles. The van der Waals surface area contributed by atoms with Gasteiger partial charge >= 0.3 is 6.03 Å². The fourth-order valence-corrected chi connectivity index (χ4v) is 2.58. The number of hydrogen-bond acceptors (Lipinski definition) is 4. The lowest BCUT2D eigenvalue weighted by Gasteiger charge is -2.29. The largest absolute Gasteiger partial charge is 0.332 e.